The minimum absolute atomic E-state index is 0.256. The summed E-state index contributed by atoms with van der Waals surface area (Å²) in [5.74, 6) is 1.03. The molecule has 0 saturated heterocycles. The van der Waals surface area contributed by atoms with Gasteiger partial charge >= 0.3 is 0 Å². The monoisotopic (exact) mass is 493 g/mol. The molecule has 0 aliphatic heterocycles. The lowest BCUT2D eigenvalue weighted by molar-refractivity contribution is -0.119. The molecule has 1 N–H and O–H groups in total. The average Bonchev–Trinajstić information content (AvgIpc) is 2.67. The van der Waals surface area contributed by atoms with Gasteiger partial charge in [0, 0.05) is 12.3 Å². The number of ether oxygens (including phenoxy) is 2. The minimum atomic E-state index is -3.44. The van der Waals surface area contributed by atoms with Gasteiger partial charge in [-0.05, 0) is 35.7 Å². The van der Waals surface area contributed by atoms with Crippen LogP contribution in [0.1, 0.15) is 17.5 Å². The second-order valence-corrected chi connectivity index (χ2v) is 9.51. The Bertz CT molecular complexity index is 959. The van der Waals surface area contributed by atoms with Crippen LogP contribution in [-0.4, -0.2) is 46.1 Å². The number of alkyl halides is 1. The second-order valence-electron chi connectivity index (χ2n) is 6.48. The number of hydrogen-bond donors (Lipinski definition) is 1. The Balaban J connectivity index is 2.06. The third-order valence-electron chi connectivity index (χ3n) is 3.87. The summed E-state index contributed by atoms with van der Waals surface area (Å²) < 4.78 is 35.5. The van der Waals surface area contributed by atoms with Gasteiger partial charge in [0.25, 0.3) is 0 Å². The Morgan fingerprint density at radius 1 is 1.10 bits per heavy atom. The fourth-order valence-corrected chi connectivity index (χ4v) is 3.69. The zero-order chi connectivity index (χ0) is 22.1. The third kappa shape index (κ3) is 8.32. The molecule has 2 rings (SSSR count). The van der Waals surface area contributed by atoms with Crippen molar-refractivity contribution in [3.05, 3.63) is 57.6 Å². The summed E-state index contributed by atoms with van der Waals surface area (Å²) in [6.45, 7) is -0.160. The highest BCUT2D eigenvalue weighted by Crippen LogP contribution is 2.35. The van der Waals surface area contributed by atoms with Crippen molar-refractivity contribution in [3.63, 3.8) is 0 Å². The molecule has 0 aromatic heterocycles. The van der Waals surface area contributed by atoms with Crippen LogP contribution in [-0.2, 0) is 21.2 Å². The van der Waals surface area contributed by atoms with Crippen LogP contribution < -0.4 is 14.2 Å². The molecule has 0 spiro atoms. The first-order valence-corrected chi connectivity index (χ1v) is 12.2. The maximum Gasteiger partial charge on any atom is 0.209 e. The Labute approximate surface area is 191 Å². The highest BCUT2D eigenvalue weighted by molar-refractivity contribution is 7.88. The molecule has 30 heavy (non-hydrogen) atoms. The van der Waals surface area contributed by atoms with Gasteiger partial charge in [-0.15, -0.1) is 11.6 Å². The first kappa shape index (κ1) is 24.8. The molecule has 0 amide bonds. The number of benzene rings is 2. The number of halogens is 3. The molecule has 164 valence electrons. The smallest absolute Gasteiger partial charge is 0.209 e. The summed E-state index contributed by atoms with van der Waals surface area (Å²) in [5.41, 5.74) is 1.67. The van der Waals surface area contributed by atoms with Crippen LogP contribution >= 0.6 is 34.8 Å². The van der Waals surface area contributed by atoms with Crippen LogP contribution in [0.25, 0.3) is 0 Å². The normalized spacial score (nSPS) is 11.3. The first-order chi connectivity index (χ1) is 14.2. The van der Waals surface area contributed by atoms with E-state index in [0.29, 0.717) is 46.9 Å². The molecule has 0 bridgehead atoms. The van der Waals surface area contributed by atoms with Crippen molar-refractivity contribution in [1.29, 1.82) is 0 Å². The molecule has 0 atom stereocenters. The molecule has 0 saturated carbocycles. The van der Waals surface area contributed by atoms with E-state index in [1.165, 1.54) is 0 Å². The number of ketones is 1. The van der Waals surface area contributed by atoms with Gasteiger partial charge in [-0.25, -0.2) is 13.1 Å². The SMILES string of the molecule is CS(=O)(=O)NCC(=O)COc1ccccc1Cc1cc(Cl)c(OCCCCl)c(Cl)c1. The predicted molar refractivity (Wildman–Crippen MR) is 120 cm³/mol. The Hall–Kier alpha value is -1.51. The van der Waals surface area contributed by atoms with E-state index in [9.17, 15) is 13.2 Å². The molecule has 6 nitrogen and oxygen atoms in total. The number of rotatable bonds is 12. The number of carbonyl (C=O) groups excluding carboxylic acids is 1. The Morgan fingerprint density at radius 2 is 1.77 bits per heavy atom. The van der Waals surface area contributed by atoms with Gasteiger partial charge in [0.2, 0.25) is 10.0 Å². The summed E-state index contributed by atoms with van der Waals surface area (Å²) in [6.07, 6.45) is 2.13. The summed E-state index contributed by atoms with van der Waals surface area (Å²) in [4.78, 5) is 11.9. The lowest BCUT2D eigenvalue weighted by Gasteiger charge is -2.14. The number of nitrogens with one attached hydrogen (secondary N) is 1. The van der Waals surface area contributed by atoms with Gasteiger partial charge < -0.3 is 9.47 Å². The van der Waals surface area contributed by atoms with Crippen molar-refractivity contribution in [2.75, 3.05) is 31.9 Å². The molecule has 2 aromatic carbocycles. The van der Waals surface area contributed by atoms with Gasteiger partial charge in [0.05, 0.1) is 29.5 Å². The van der Waals surface area contributed by atoms with Crippen molar-refractivity contribution in [2.45, 2.75) is 12.8 Å². The lowest BCUT2D eigenvalue weighted by Crippen LogP contribution is -2.31. The topological polar surface area (TPSA) is 81.7 Å². The zero-order valence-corrected chi connectivity index (χ0v) is 19.4. The zero-order valence-electron chi connectivity index (χ0n) is 16.3. The van der Waals surface area contributed by atoms with Crippen LogP contribution in [0.4, 0.5) is 0 Å². The number of sulfonamides is 1. The van der Waals surface area contributed by atoms with E-state index in [0.717, 1.165) is 17.4 Å². The molecule has 0 aliphatic rings. The number of carbonyl (C=O) groups is 1. The van der Waals surface area contributed by atoms with Crippen LogP contribution in [0.2, 0.25) is 10.0 Å². The molecule has 2 aromatic rings. The summed E-state index contributed by atoms with van der Waals surface area (Å²) >= 11 is 18.3. The van der Waals surface area contributed by atoms with E-state index < -0.39 is 10.0 Å². The Kier molecular flexibility index (Phi) is 9.71. The molecular weight excluding hydrogens is 473 g/mol. The van der Waals surface area contributed by atoms with Gasteiger partial charge in [0.15, 0.2) is 11.5 Å². The van der Waals surface area contributed by atoms with E-state index in [-0.39, 0.29) is 18.9 Å². The Morgan fingerprint density at radius 3 is 2.40 bits per heavy atom. The van der Waals surface area contributed by atoms with Crippen molar-refractivity contribution in [3.8, 4) is 11.5 Å². The maximum absolute atomic E-state index is 11.9. The van der Waals surface area contributed by atoms with Crippen LogP contribution in [0.5, 0.6) is 11.5 Å². The van der Waals surface area contributed by atoms with Gasteiger partial charge in [0.1, 0.15) is 12.4 Å². The summed E-state index contributed by atoms with van der Waals surface area (Å²) in [6, 6.07) is 10.8. The van der Waals surface area contributed by atoms with E-state index in [1.54, 1.807) is 24.3 Å². The number of para-hydroxylation sites is 1. The second kappa shape index (κ2) is 11.8. The van der Waals surface area contributed by atoms with E-state index >= 15 is 0 Å². The molecule has 10 heteroatoms. The predicted octanol–water partition coefficient (Wildman–Crippen LogP) is 4.09. The van der Waals surface area contributed by atoms with Gasteiger partial charge in [-0.1, -0.05) is 41.4 Å². The average molecular weight is 495 g/mol. The maximum atomic E-state index is 11.9. The summed E-state index contributed by atoms with van der Waals surface area (Å²) in [7, 11) is -3.44. The minimum Gasteiger partial charge on any atom is -0.490 e. The van der Waals surface area contributed by atoms with Crippen molar-refractivity contribution >= 4 is 50.6 Å². The van der Waals surface area contributed by atoms with Crippen molar-refractivity contribution < 1.29 is 22.7 Å². The van der Waals surface area contributed by atoms with Crippen molar-refractivity contribution in [1.82, 2.24) is 4.72 Å². The van der Waals surface area contributed by atoms with Crippen molar-refractivity contribution in [2.24, 2.45) is 0 Å². The quantitative estimate of drug-likeness (QED) is 0.355. The number of hydrogen-bond acceptors (Lipinski definition) is 5. The molecule has 0 radical (unpaired) electrons. The standard InChI is InChI=1S/C20H22Cl3NO5S/c1-30(26,27)24-12-16(25)13-29-19-6-3-2-5-15(19)9-14-10-17(22)20(18(23)11-14)28-8-4-7-21/h2-3,5-6,10-11,24H,4,7-9,12-13H2,1H3. The van der Waals surface area contributed by atoms with Gasteiger partial charge in [-0.2, -0.15) is 0 Å². The molecule has 0 heterocycles. The molecule has 0 aliphatic carbocycles. The van der Waals surface area contributed by atoms with E-state index in [2.05, 4.69) is 4.72 Å². The van der Waals surface area contributed by atoms with Gasteiger partial charge in [-0.3, -0.25) is 4.79 Å². The van der Waals surface area contributed by atoms with E-state index in [4.69, 9.17) is 44.3 Å². The molecular formula is C20H22Cl3NO5S. The van der Waals surface area contributed by atoms with Crippen LogP contribution in [0.15, 0.2) is 36.4 Å². The fraction of sp³-hybridized carbons (Fsp3) is 0.350. The van der Waals surface area contributed by atoms with E-state index in [1.807, 2.05) is 12.1 Å². The largest absolute Gasteiger partial charge is 0.490 e. The highest BCUT2D eigenvalue weighted by atomic mass is 35.5. The lowest BCUT2D eigenvalue weighted by atomic mass is 10.0. The number of Topliss-reactive ketones (excluding diaryl/α,β-unsaturated/α-hetero) is 1. The molecule has 0 fully saturated rings. The third-order valence-corrected chi connectivity index (χ3v) is 5.37. The summed E-state index contributed by atoms with van der Waals surface area (Å²) in [5, 5.41) is 0.792. The highest BCUT2D eigenvalue weighted by Gasteiger charge is 2.13. The van der Waals surface area contributed by atoms with Crippen LogP contribution in [0.3, 0.4) is 0 Å². The fourth-order valence-electron chi connectivity index (χ4n) is 2.51. The van der Waals surface area contributed by atoms with Crippen LogP contribution in [0, 0.1) is 0 Å². The molecule has 0 unspecified atom stereocenters. The first-order valence-electron chi connectivity index (χ1n) is 9.03.